The maximum atomic E-state index is 12.2. The largest absolute Gasteiger partial charge is 0.481 e. The lowest BCUT2D eigenvalue weighted by molar-refractivity contribution is 0.103. The number of hydrogen-bond donors (Lipinski definition) is 0. The zero-order valence-electron chi connectivity index (χ0n) is 10.1. The summed E-state index contributed by atoms with van der Waals surface area (Å²) in [7, 11) is 2.97. The molecule has 18 heavy (non-hydrogen) atoms. The van der Waals surface area contributed by atoms with E-state index in [4.69, 9.17) is 9.47 Å². The maximum Gasteiger partial charge on any atom is 0.216 e. The van der Waals surface area contributed by atoms with E-state index in [2.05, 4.69) is 9.97 Å². The van der Waals surface area contributed by atoms with Crippen LogP contribution in [0.15, 0.2) is 36.5 Å². The van der Waals surface area contributed by atoms with Crippen LogP contribution in [0, 0.1) is 0 Å². The van der Waals surface area contributed by atoms with E-state index in [1.807, 2.05) is 0 Å². The van der Waals surface area contributed by atoms with Crippen LogP contribution in [0.25, 0.3) is 0 Å². The third-order valence-electron chi connectivity index (χ3n) is 2.36. The van der Waals surface area contributed by atoms with Crippen molar-refractivity contribution in [2.75, 3.05) is 14.2 Å². The molecular formula is C13H12N2O3. The Morgan fingerprint density at radius 2 is 1.78 bits per heavy atom. The van der Waals surface area contributed by atoms with Crippen molar-refractivity contribution in [3.63, 3.8) is 0 Å². The summed E-state index contributed by atoms with van der Waals surface area (Å²) in [5, 5.41) is 0. The van der Waals surface area contributed by atoms with Gasteiger partial charge in [0.05, 0.1) is 14.2 Å². The first-order chi connectivity index (χ1) is 8.74. The molecule has 0 radical (unpaired) electrons. The number of ether oxygens (including phenoxy) is 2. The van der Waals surface area contributed by atoms with Crippen LogP contribution < -0.4 is 9.47 Å². The van der Waals surface area contributed by atoms with Gasteiger partial charge in [-0.15, -0.1) is 0 Å². The molecule has 0 saturated carbocycles. The molecule has 0 saturated heterocycles. The highest BCUT2D eigenvalue weighted by atomic mass is 16.5. The molecule has 0 unspecified atom stereocenters. The quantitative estimate of drug-likeness (QED) is 0.766. The zero-order valence-corrected chi connectivity index (χ0v) is 10.1. The molecule has 0 bridgehead atoms. The van der Waals surface area contributed by atoms with Gasteiger partial charge in [0.1, 0.15) is 5.69 Å². The first-order valence-electron chi connectivity index (χ1n) is 5.30. The van der Waals surface area contributed by atoms with Crippen LogP contribution in [-0.2, 0) is 0 Å². The van der Waals surface area contributed by atoms with Gasteiger partial charge in [-0.25, -0.2) is 0 Å². The third kappa shape index (κ3) is 2.45. The van der Waals surface area contributed by atoms with Gasteiger partial charge in [0, 0.05) is 23.9 Å². The number of pyridine rings is 2. The number of ketones is 1. The molecule has 0 amide bonds. The Morgan fingerprint density at radius 1 is 1.11 bits per heavy atom. The number of rotatable bonds is 4. The van der Waals surface area contributed by atoms with Crippen LogP contribution in [-0.4, -0.2) is 30.0 Å². The monoisotopic (exact) mass is 244 g/mol. The molecule has 2 rings (SSSR count). The summed E-state index contributed by atoms with van der Waals surface area (Å²) in [4.78, 5) is 20.2. The molecule has 0 aliphatic rings. The minimum Gasteiger partial charge on any atom is -0.481 e. The molecule has 5 heteroatoms. The van der Waals surface area contributed by atoms with Gasteiger partial charge in [0.25, 0.3) is 0 Å². The maximum absolute atomic E-state index is 12.2. The second kappa shape index (κ2) is 5.27. The second-order valence-corrected chi connectivity index (χ2v) is 3.48. The molecule has 2 aromatic heterocycles. The third-order valence-corrected chi connectivity index (χ3v) is 2.36. The summed E-state index contributed by atoms with van der Waals surface area (Å²) in [5.74, 6) is 0.455. The number of hydrogen-bond acceptors (Lipinski definition) is 5. The molecular weight excluding hydrogens is 232 g/mol. The van der Waals surface area contributed by atoms with Gasteiger partial charge in [-0.3, -0.25) is 9.78 Å². The number of carbonyl (C=O) groups excluding carboxylic acids is 1. The number of nitrogens with zero attached hydrogens (tertiary/aromatic N) is 2. The Labute approximate surface area is 104 Å². The predicted molar refractivity (Wildman–Crippen MR) is 65.0 cm³/mol. The van der Waals surface area contributed by atoms with Crippen LogP contribution >= 0.6 is 0 Å². The van der Waals surface area contributed by atoms with Gasteiger partial charge in [0.2, 0.25) is 17.5 Å². The van der Waals surface area contributed by atoms with Crippen molar-refractivity contribution in [2.24, 2.45) is 0 Å². The predicted octanol–water partition coefficient (Wildman–Crippen LogP) is 1.72. The summed E-state index contributed by atoms with van der Waals surface area (Å²) >= 11 is 0. The lowest BCUT2D eigenvalue weighted by Gasteiger charge is -2.06. The Balaban J connectivity index is 2.41. The van der Waals surface area contributed by atoms with E-state index in [1.165, 1.54) is 14.2 Å². The van der Waals surface area contributed by atoms with Crippen molar-refractivity contribution in [1.82, 2.24) is 9.97 Å². The summed E-state index contributed by atoms with van der Waals surface area (Å²) in [6, 6.07) is 8.28. The van der Waals surface area contributed by atoms with Crippen LogP contribution in [0.5, 0.6) is 11.8 Å². The first-order valence-corrected chi connectivity index (χ1v) is 5.30. The molecule has 2 aromatic rings. The lowest BCUT2D eigenvalue weighted by atomic mass is 10.1. The normalized spacial score (nSPS) is 9.89. The standard InChI is InChI=1S/C13H12N2O3/c1-17-11-7-9(8-12(15-11)18-2)13(16)10-5-3-4-6-14-10/h3-8H,1-2H3. The average Bonchev–Trinajstić information content (AvgIpc) is 2.46. The van der Waals surface area contributed by atoms with E-state index < -0.39 is 0 Å². The molecule has 0 aromatic carbocycles. The SMILES string of the molecule is COc1cc(C(=O)c2ccccn2)cc(OC)n1. The van der Waals surface area contributed by atoms with Crippen LogP contribution in [0.4, 0.5) is 0 Å². The Bertz CT molecular complexity index is 533. The fourth-order valence-electron chi connectivity index (χ4n) is 1.47. The molecule has 0 fully saturated rings. The highest BCUT2D eigenvalue weighted by Crippen LogP contribution is 2.19. The van der Waals surface area contributed by atoms with Gasteiger partial charge >= 0.3 is 0 Å². The van der Waals surface area contributed by atoms with Gasteiger partial charge in [-0.2, -0.15) is 4.98 Å². The van der Waals surface area contributed by atoms with E-state index in [-0.39, 0.29) is 5.78 Å². The van der Waals surface area contributed by atoms with E-state index in [9.17, 15) is 4.79 Å². The van der Waals surface area contributed by atoms with Crippen molar-refractivity contribution in [3.8, 4) is 11.8 Å². The summed E-state index contributed by atoms with van der Waals surface area (Å²) in [6.45, 7) is 0. The molecule has 2 heterocycles. The Hall–Kier alpha value is -2.43. The van der Waals surface area contributed by atoms with E-state index in [0.717, 1.165) is 0 Å². The lowest BCUT2D eigenvalue weighted by Crippen LogP contribution is -2.05. The fourth-order valence-corrected chi connectivity index (χ4v) is 1.47. The van der Waals surface area contributed by atoms with E-state index in [1.54, 1.807) is 36.5 Å². The highest BCUT2D eigenvalue weighted by Gasteiger charge is 2.13. The number of methoxy groups -OCH3 is 2. The number of aromatic nitrogens is 2. The van der Waals surface area contributed by atoms with E-state index in [0.29, 0.717) is 23.0 Å². The molecule has 5 nitrogen and oxygen atoms in total. The first kappa shape index (κ1) is 12.0. The summed E-state index contributed by atoms with van der Waals surface area (Å²) in [5.41, 5.74) is 0.796. The number of carbonyl (C=O) groups is 1. The minimum absolute atomic E-state index is 0.199. The molecule has 0 aliphatic heterocycles. The fraction of sp³-hybridized carbons (Fsp3) is 0.154. The van der Waals surface area contributed by atoms with Crippen LogP contribution in [0.1, 0.15) is 16.1 Å². The van der Waals surface area contributed by atoms with Gasteiger partial charge in [0.15, 0.2) is 0 Å². The molecule has 92 valence electrons. The Kier molecular flexibility index (Phi) is 3.52. The van der Waals surface area contributed by atoms with Crippen molar-refractivity contribution < 1.29 is 14.3 Å². The van der Waals surface area contributed by atoms with Gasteiger partial charge < -0.3 is 9.47 Å². The summed E-state index contributed by atoms with van der Waals surface area (Å²) < 4.78 is 10.0. The van der Waals surface area contributed by atoms with Crippen molar-refractivity contribution in [1.29, 1.82) is 0 Å². The highest BCUT2D eigenvalue weighted by molar-refractivity contribution is 6.07. The van der Waals surface area contributed by atoms with Crippen molar-refractivity contribution in [3.05, 3.63) is 47.8 Å². The topological polar surface area (TPSA) is 61.3 Å². The molecule has 0 aliphatic carbocycles. The van der Waals surface area contributed by atoms with Gasteiger partial charge in [-0.1, -0.05) is 6.07 Å². The van der Waals surface area contributed by atoms with Crippen LogP contribution in [0.2, 0.25) is 0 Å². The van der Waals surface area contributed by atoms with Crippen molar-refractivity contribution in [2.45, 2.75) is 0 Å². The average molecular weight is 244 g/mol. The van der Waals surface area contributed by atoms with Crippen molar-refractivity contribution >= 4 is 5.78 Å². The molecule has 0 N–H and O–H groups in total. The van der Waals surface area contributed by atoms with Crippen LogP contribution in [0.3, 0.4) is 0 Å². The smallest absolute Gasteiger partial charge is 0.216 e. The molecule has 0 spiro atoms. The second-order valence-electron chi connectivity index (χ2n) is 3.48. The van der Waals surface area contributed by atoms with E-state index >= 15 is 0 Å². The van der Waals surface area contributed by atoms with Gasteiger partial charge in [-0.05, 0) is 12.1 Å². The summed E-state index contributed by atoms with van der Waals surface area (Å²) in [6.07, 6.45) is 1.57. The minimum atomic E-state index is -0.199. The molecule has 0 atom stereocenters. The zero-order chi connectivity index (χ0) is 13.0. The Morgan fingerprint density at radius 3 is 2.28 bits per heavy atom.